The number of Topliss-reactive ketones (excluding diaryl/α,β-unsaturated/α-hetero) is 2. The van der Waals surface area contributed by atoms with Crippen molar-refractivity contribution in [3.8, 4) is 5.75 Å². The van der Waals surface area contributed by atoms with Gasteiger partial charge in [0.2, 0.25) is 17.7 Å². The summed E-state index contributed by atoms with van der Waals surface area (Å²) in [5.41, 5.74) is 14.6. The smallest absolute Gasteiger partial charge is 0.666 e. The number of phenols is 1. The zero-order valence-electron chi connectivity index (χ0n) is 34.5. The maximum absolute atomic E-state index is 13.3. The molecule has 322 valence electrons. The number of carbonyl (C=O) groups excluding carboxylic acids is 5. The van der Waals surface area contributed by atoms with Crippen LogP contribution in [0.1, 0.15) is 128 Å². The van der Waals surface area contributed by atoms with Crippen LogP contribution in [-0.2, 0) is 35.2 Å². The fourth-order valence-electron chi connectivity index (χ4n) is 6.47. The number of amides is 3. The minimum Gasteiger partial charge on any atom is -0.666 e. The molecule has 2 rings (SSSR count). The van der Waals surface area contributed by atoms with Crippen molar-refractivity contribution in [1.82, 2.24) is 21.3 Å². The molecule has 0 bridgehead atoms. The van der Waals surface area contributed by atoms with Gasteiger partial charge in [0.15, 0.2) is 11.6 Å². The van der Waals surface area contributed by atoms with Gasteiger partial charge in [-0.2, -0.15) is 0 Å². The van der Waals surface area contributed by atoms with E-state index in [9.17, 15) is 33.9 Å². The van der Waals surface area contributed by atoms with Crippen molar-refractivity contribution >= 4 is 56.8 Å². The van der Waals surface area contributed by atoms with Gasteiger partial charge >= 0.3 is 57.4 Å². The summed E-state index contributed by atoms with van der Waals surface area (Å²) in [4.78, 5) is 74.3. The quantitative estimate of drug-likeness (QED) is 0.0349. The molecule has 1 fully saturated rings. The standard InChI is InChI=1S/C41H67N6O8S2.K/c42-32-28-56-57-29-35(37(50)27-45-34(40(43)54)25-30-20-22-31(48)23-21-30)46-26-36(49)33(47-41(32)55)17-15-16-24-44-38(51)18-13-11-9-7-5-3-1-2-4-6-8-10-12-14-19-39(52)53;/h20-23,32-35,42,45-46,48H,1-19,24-29H2,(H2,43,54)(H,44,51)(H,47,55)(H,52,53);/q-1;+1/t32-,33-,34-,35-;/m0./s1. The normalized spacial score (nSPS) is 18.2. The van der Waals surface area contributed by atoms with Gasteiger partial charge in [-0.15, -0.1) is 0 Å². The second-order valence-electron chi connectivity index (χ2n) is 14.9. The molecule has 3 amide bonds. The van der Waals surface area contributed by atoms with Crippen LogP contribution in [0.25, 0.3) is 5.73 Å². The van der Waals surface area contributed by atoms with Crippen LogP contribution in [-0.4, -0.2) is 101 Å². The van der Waals surface area contributed by atoms with E-state index in [1.165, 1.54) is 85.1 Å². The average Bonchev–Trinajstić information content (AvgIpc) is 3.18. The van der Waals surface area contributed by atoms with E-state index in [4.69, 9.17) is 16.6 Å². The number of unbranched alkanes of at least 4 members (excludes halogenated alkanes) is 14. The van der Waals surface area contributed by atoms with E-state index in [0.29, 0.717) is 38.0 Å². The molecule has 1 aromatic carbocycles. The molecule has 0 unspecified atom stereocenters. The van der Waals surface area contributed by atoms with Gasteiger partial charge in [0.05, 0.1) is 31.2 Å². The van der Waals surface area contributed by atoms with Gasteiger partial charge in [0.1, 0.15) is 5.75 Å². The maximum atomic E-state index is 13.3. The topological polar surface area (TPSA) is 241 Å². The fraction of sp³-hybridized carbons (Fsp3) is 0.707. The number of hydrogen-bond acceptors (Lipinski definition) is 11. The molecule has 0 aliphatic carbocycles. The molecule has 1 saturated heterocycles. The molecular weight excluding hydrogens is 808 g/mol. The van der Waals surface area contributed by atoms with E-state index < -0.39 is 42.0 Å². The van der Waals surface area contributed by atoms with Crippen molar-refractivity contribution in [2.45, 2.75) is 153 Å². The van der Waals surface area contributed by atoms with Crippen LogP contribution in [0.2, 0.25) is 0 Å². The van der Waals surface area contributed by atoms with Crippen LogP contribution in [0.15, 0.2) is 24.3 Å². The number of carboxylic acid groups (broad SMARTS) is 1. The molecule has 0 radical (unpaired) electrons. The van der Waals surface area contributed by atoms with Gasteiger partial charge in [0.25, 0.3) is 0 Å². The van der Waals surface area contributed by atoms with Crippen molar-refractivity contribution in [3.63, 3.8) is 0 Å². The van der Waals surface area contributed by atoms with E-state index in [1.54, 1.807) is 12.1 Å². The maximum Gasteiger partial charge on any atom is 1.00 e. The van der Waals surface area contributed by atoms with Crippen molar-refractivity contribution in [3.05, 3.63) is 35.6 Å². The molecule has 4 atom stereocenters. The number of carbonyl (C=O) groups is 6. The number of benzene rings is 1. The van der Waals surface area contributed by atoms with Gasteiger partial charge < -0.3 is 32.3 Å². The molecule has 17 heteroatoms. The summed E-state index contributed by atoms with van der Waals surface area (Å²) in [5, 5.41) is 29.8. The summed E-state index contributed by atoms with van der Waals surface area (Å²) >= 11 is 0. The molecule has 9 N–H and O–H groups in total. The minimum atomic E-state index is -1.08. The summed E-state index contributed by atoms with van der Waals surface area (Å²) in [6.07, 6.45) is 18.3. The minimum absolute atomic E-state index is 0. The van der Waals surface area contributed by atoms with Gasteiger partial charge in [-0.3, -0.25) is 39.4 Å². The number of primary amides is 1. The largest absolute Gasteiger partial charge is 1.00 e. The molecule has 0 saturated carbocycles. The van der Waals surface area contributed by atoms with Crippen molar-refractivity contribution in [1.29, 1.82) is 0 Å². The van der Waals surface area contributed by atoms with Crippen LogP contribution in [0.5, 0.6) is 5.75 Å². The number of phenolic OH excluding ortho intramolecular Hbond substituents is 1. The van der Waals surface area contributed by atoms with Crippen molar-refractivity contribution in [2.75, 3.05) is 31.1 Å². The van der Waals surface area contributed by atoms with Gasteiger partial charge in [0, 0.05) is 25.1 Å². The van der Waals surface area contributed by atoms with Crippen LogP contribution in [0.3, 0.4) is 0 Å². The molecule has 1 aromatic rings. The van der Waals surface area contributed by atoms with E-state index in [0.717, 1.165) is 44.1 Å². The third-order valence-electron chi connectivity index (χ3n) is 10.0. The van der Waals surface area contributed by atoms with Crippen LogP contribution >= 0.6 is 21.6 Å². The Morgan fingerprint density at radius 1 is 0.810 bits per heavy atom. The number of hydrogen-bond donors (Lipinski definition) is 7. The zero-order chi connectivity index (χ0) is 41.7. The predicted molar refractivity (Wildman–Crippen MR) is 228 cm³/mol. The fourth-order valence-corrected chi connectivity index (χ4v) is 8.78. The predicted octanol–water partition coefficient (Wildman–Crippen LogP) is 2.39. The SMILES string of the molecule is [K+].[NH-][C@H]1CSSC[C@@H](C(=O)CN[C@@H](Cc2ccc(O)cc2)C(N)=O)NCC(=O)[C@H](CCCCNC(=O)CCCCCCCCCCCCCCCCC(=O)O)NC1=O. The Labute approximate surface area is 395 Å². The first-order valence-electron chi connectivity index (χ1n) is 20.8. The number of nitrogens with two attached hydrogens (primary N) is 1. The molecule has 1 aliphatic heterocycles. The molecular formula is C41H67KN6O8S2. The Kier molecular flexibility index (Phi) is 32.0. The first-order chi connectivity index (χ1) is 27.5. The second kappa shape index (κ2) is 34.1. The van der Waals surface area contributed by atoms with Gasteiger partial charge in [-0.25, -0.2) is 0 Å². The zero-order valence-corrected chi connectivity index (χ0v) is 39.3. The molecule has 1 heterocycles. The summed E-state index contributed by atoms with van der Waals surface area (Å²) in [6, 6.07) is 2.89. The summed E-state index contributed by atoms with van der Waals surface area (Å²) < 4.78 is 0. The van der Waals surface area contributed by atoms with Crippen molar-refractivity contribution < 1.29 is 90.4 Å². The average molecular weight is 875 g/mol. The second-order valence-corrected chi connectivity index (χ2v) is 17.5. The van der Waals surface area contributed by atoms with Crippen molar-refractivity contribution in [2.24, 2.45) is 5.73 Å². The van der Waals surface area contributed by atoms with Crippen LogP contribution in [0, 0.1) is 0 Å². The van der Waals surface area contributed by atoms with E-state index >= 15 is 0 Å². The number of rotatable bonds is 29. The number of ketones is 2. The van der Waals surface area contributed by atoms with Gasteiger partial charge in [-0.05, 0) is 68.0 Å². The van der Waals surface area contributed by atoms with Crippen LogP contribution in [0.4, 0.5) is 0 Å². The molecule has 1 aliphatic rings. The van der Waals surface area contributed by atoms with Gasteiger partial charge in [-0.1, -0.05) is 111 Å². The third kappa shape index (κ3) is 26.6. The van der Waals surface area contributed by atoms with E-state index in [-0.39, 0.29) is 106 Å². The first-order valence-corrected chi connectivity index (χ1v) is 23.3. The Morgan fingerprint density at radius 2 is 1.36 bits per heavy atom. The number of carboxylic acids is 1. The molecule has 0 spiro atoms. The Balaban J connectivity index is 0.0000168. The molecule has 58 heavy (non-hydrogen) atoms. The Bertz CT molecular complexity index is 1360. The third-order valence-corrected chi connectivity index (χ3v) is 12.4. The number of aliphatic carboxylic acids is 1. The van der Waals surface area contributed by atoms with Crippen LogP contribution < -0.4 is 78.4 Å². The number of nitrogens with one attached hydrogen (secondary N) is 5. The first kappa shape index (κ1) is 54.5. The Hall–Kier alpha value is -1.54. The monoisotopic (exact) mass is 874 g/mol. The summed E-state index contributed by atoms with van der Waals surface area (Å²) in [6.45, 7) is 0.131. The Morgan fingerprint density at radius 3 is 1.93 bits per heavy atom. The molecule has 0 aromatic heterocycles. The summed E-state index contributed by atoms with van der Waals surface area (Å²) in [7, 11) is 2.63. The number of aromatic hydroxyl groups is 1. The molecule has 14 nitrogen and oxygen atoms in total. The summed E-state index contributed by atoms with van der Waals surface area (Å²) in [5.74, 6) is -1.84. The van der Waals surface area contributed by atoms with E-state index in [2.05, 4.69) is 21.3 Å². The van der Waals surface area contributed by atoms with E-state index in [1.807, 2.05) is 0 Å².